The van der Waals surface area contributed by atoms with Crippen molar-refractivity contribution in [3.8, 4) is 10.6 Å². The van der Waals surface area contributed by atoms with Crippen molar-refractivity contribution in [2.24, 2.45) is 0 Å². The number of hydrogen-bond donors (Lipinski definition) is 2. The van der Waals surface area contributed by atoms with Crippen LogP contribution in [0.2, 0.25) is 5.02 Å². The molecule has 2 aromatic carbocycles. The van der Waals surface area contributed by atoms with E-state index in [4.69, 9.17) is 11.6 Å². The molecule has 33 heavy (non-hydrogen) atoms. The van der Waals surface area contributed by atoms with E-state index in [1.54, 1.807) is 5.38 Å². The van der Waals surface area contributed by atoms with Gasteiger partial charge in [0.05, 0.1) is 25.8 Å². The molecular formula is C20H13ClN4O5S3. The maximum atomic E-state index is 12.5. The van der Waals surface area contributed by atoms with Gasteiger partial charge in [-0.2, -0.15) is 0 Å². The molecule has 4 rings (SSSR count). The van der Waals surface area contributed by atoms with Gasteiger partial charge < -0.3 is 0 Å². The highest BCUT2D eigenvalue weighted by Gasteiger charge is 2.16. The van der Waals surface area contributed by atoms with Gasteiger partial charge in [-0.05, 0) is 48.5 Å². The number of nitro groups is 1. The Labute approximate surface area is 200 Å². The lowest BCUT2D eigenvalue weighted by molar-refractivity contribution is -0.384. The number of aromatic nitrogens is 1. The Kier molecular flexibility index (Phi) is 6.42. The number of amides is 1. The minimum atomic E-state index is -3.80. The number of nitrogens with zero attached hydrogens (tertiary/aromatic N) is 2. The van der Waals surface area contributed by atoms with Gasteiger partial charge in [0.1, 0.15) is 0 Å². The van der Waals surface area contributed by atoms with Crippen molar-refractivity contribution in [2.75, 3.05) is 10.0 Å². The Morgan fingerprint density at radius 3 is 2.36 bits per heavy atom. The molecule has 13 heteroatoms. The van der Waals surface area contributed by atoms with Crippen molar-refractivity contribution in [1.29, 1.82) is 0 Å². The van der Waals surface area contributed by atoms with Gasteiger partial charge in [0.25, 0.3) is 21.6 Å². The first-order valence-corrected chi connectivity index (χ1v) is 12.7. The minimum Gasteiger partial charge on any atom is -0.298 e. The molecule has 0 aliphatic rings. The summed E-state index contributed by atoms with van der Waals surface area (Å²) >= 11 is 8.17. The van der Waals surface area contributed by atoms with Crippen molar-refractivity contribution >= 4 is 66.7 Å². The van der Waals surface area contributed by atoms with E-state index in [9.17, 15) is 23.3 Å². The Balaban J connectivity index is 1.42. The number of nitrogens with one attached hydrogen (secondary N) is 2. The van der Waals surface area contributed by atoms with Crippen LogP contribution in [0.1, 0.15) is 10.4 Å². The normalized spacial score (nSPS) is 11.2. The average molecular weight is 521 g/mol. The number of hydrogen-bond acceptors (Lipinski definition) is 8. The van der Waals surface area contributed by atoms with Gasteiger partial charge in [-0.25, -0.2) is 13.4 Å². The van der Waals surface area contributed by atoms with Gasteiger partial charge in [0.2, 0.25) is 0 Å². The van der Waals surface area contributed by atoms with Gasteiger partial charge in [0, 0.05) is 27.7 Å². The number of carbonyl (C=O) groups excluding carboxylic acids is 1. The zero-order valence-electron chi connectivity index (χ0n) is 16.4. The number of sulfonamides is 1. The second-order valence-electron chi connectivity index (χ2n) is 6.56. The zero-order chi connectivity index (χ0) is 23.6. The van der Waals surface area contributed by atoms with Crippen LogP contribution >= 0.6 is 34.3 Å². The number of thiophene rings is 1. The van der Waals surface area contributed by atoms with Crippen LogP contribution in [0, 0.1) is 10.1 Å². The van der Waals surface area contributed by atoms with Crippen molar-refractivity contribution in [3.63, 3.8) is 0 Å². The predicted octanol–water partition coefficient (Wildman–Crippen LogP) is 5.49. The summed E-state index contributed by atoms with van der Waals surface area (Å²) in [5.74, 6) is -0.430. The van der Waals surface area contributed by atoms with E-state index < -0.39 is 20.9 Å². The maximum Gasteiger partial charge on any atom is 0.280 e. The van der Waals surface area contributed by atoms with E-state index in [1.165, 1.54) is 82.7 Å². The van der Waals surface area contributed by atoms with E-state index in [1.807, 2.05) is 0 Å². The summed E-state index contributed by atoms with van der Waals surface area (Å²) in [6.07, 6.45) is 0. The summed E-state index contributed by atoms with van der Waals surface area (Å²) in [7, 11) is -3.80. The van der Waals surface area contributed by atoms with Crippen LogP contribution in [0.3, 0.4) is 0 Å². The number of thiazole rings is 1. The smallest absolute Gasteiger partial charge is 0.280 e. The largest absolute Gasteiger partial charge is 0.298 e. The van der Waals surface area contributed by atoms with Gasteiger partial charge >= 0.3 is 0 Å². The van der Waals surface area contributed by atoms with Crippen LogP contribution in [0.5, 0.6) is 0 Å². The molecule has 2 N–H and O–H groups in total. The van der Waals surface area contributed by atoms with Crippen molar-refractivity contribution < 1.29 is 18.1 Å². The Morgan fingerprint density at radius 1 is 1.03 bits per heavy atom. The summed E-state index contributed by atoms with van der Waals surface area (Å²) in [6.45, 7) is 0. The number of anilines is 2. The van der Waals surface area contributed by atoms with Gasteiger partial charge in [-0.3, -0.25) is 24.9 Å². The molecule has 0 bridgehead atoms. The Hall–Kier alpha value is -3.32. The molecule has 4 aromatic rings. The highest BCUT2D eigenvalue weighted by Crippen LogP contribution is 2.33. The lowest BCUT2D eigenvalue weighted by Crippen LogP contribution is -2.14. The molecule has 0 aliphatic carbocycles. The zero-order valence-corrected chi connectivity index (χ0v) is 19.6. The highest BCUT2D eigenvalue weighted by atomic mass is 35.5. The van der Waals surface area contributed by atoms with Crippen molar-refractivity contribution in [2.45, 2.75) is 4.90 Å². The monoisotopic (exact) mass is 520 g/mol. The quantitative estimate of drug-likeness (QED) is 0.245. The molecule has 2 heterocycles. The molecule has 0 saturated heterocycles. The second kappa shape index (κ2) is 9.27. The van der Waals surface area contributed by atoms with E-state index in [0.29, 0.717) is 26.3 Å². The number of halogens is 1. The molecule has 0 unspecified atom stereocenters. The van der Waals surface area contributed by atoms with Gasteiger partial charge in [0.15, 0.2) is 5.13 Å². The third kappa shape index (κ3) is 5.37. The highest BCUT2D eigenvalue weighted by molar-refractivity contribution is 7.92. The number of carbonyl (C=O) groups is 1. The van der Waals surface area contributed by atoms with Crippen LogP contribution in [0.25, 0.3) is 10.6 Å². The van der Waals surface area contributed by atoms with Crippen LogP contribution in [-0.2, 0) is 10.0 Å². The minimum absolute atomic E-state index is 0.0136. The fraction of sp³-hybridized carbons (Fsp3) is 0. The third-order valence-electron chi connectivity index (χ3n) is 4.30. The first kappa shape index (κ1) is 22.9. The first-order chi connectivity index (χ1) is 15.7. The summed E-state index contributed by atoms with van der Waals surface area (Å²) in [6, 6.07) is 13.1. The summed E-state index contributed by atoms with van der Waals surface area (Å²) in [4.78, 5) is 27.9. The Morgan fingerprint density at radius 2 is 1.73 bits per heavy atom. The second-order valence-corrected chi connectivity index (χ2v) is 10.4. The summed E-state index contributed by atoms with van der Waals surface area (Å²) < 4.78 is 27.3. The lowest BCUT2D eigenvalue weighted by atomic mass is 10.2. The SMILES string of the molecule is O=C(Nc1nc(-c2cc([N+](=O)[O-])cs2)cs1)c1ccc(NS(=O)(=O)c2ccc(Cl)cc2)cc1. The van der Waals surface area contributed by atoms with E-state index in [-0.39, 0.29) is 16.3 Å². The lowest BCUT2D eigenvalue weighted by Gasteiger charge is -2.09. The molecule has 0 atom stereocenters. The predicted molar refractivity (Wildman–Crippen MR) is 129 cm³/mol. The van der Waals surface area contributed by atoms with E-state index in [0.717, 1.165) is 0 Å². The molecule has 0 saturated carbocycles. The topological polar surface area (TPSA) is 131 Å². The van der Waals surface area contributed by atoms with Gasteiger partial charge in [-0.1, -0.05) is 11.6 Å². The molecule has 1 amide bonds. The Bertz CT molecular complexity index is 1430. The number of rotatable bonds is 7. The fourth-order valence-corrected chi connectivity index (χ4v) is 5.47. The van der Waals surface area contributed by atoms with Gasteiger partial charge in [-0.15, -0.1) is 22.7 Å². The molecule has 9 nitrogen and oxygen atoms in total. The van der Waals surface area contributed by atoms with Crippen LogP contribution < -0.4 is 10.0 Å². The maximum absolute atomic E-state index is 12.5. The molecule has 168 valence electrons. The van der Waals surface area contributed by atoms with E-state index >= 15 is 0 Å². The van der Waals surface area contributed by atoms with Crippen LogP contribution in [0.15, 0.2) is 70.3 Å². The van der Waals surface area contributed by atoms with Crippen LogP contribution in [-0.4, -0.2) is 24.2 Å². The summed E-state index contributed by atoms with van der Waals surface area (Å²) in [5, 5.41) is 17.4. The average Bonchev–Trinajstić information content (AvgIpc) is 3.44. The number of benzene rings is 2. The molecule has 0 radical (unpaired) electrons. The third-order valence-corrected chi connectivity index (χ3v) is 7.64. The van der Waals surface area contributed by atoms with Crippen molar-refractivity contribution in [3.05, 3.63) is 86.1 Å². The fourth-order valence-electron chi connectivity index (χ4n) is 2.69. The molecule has 0 aliphatic heterocycles. The molecule has 0 spiro atoms. The standard InChI is InChI=1S/C20H13ClN4O5S3/c21-13-3-7-16(8-4-13)33(29,30)24-14-5-1-12(2-6-14)19(26)23-20-22-17(11-32-20)18-9-15(10-31-18)25(27)28/h1-11,24H,(H,22,23,26). The summed E-state index contributed by atoms with van der Waals surface area (Å²) in [5.41, 5.74) is 1.10. The van der Waals surface area contributed by atoms with Crippen molar-refractivity contribution in [1.82, 2.24) is 4.98 Å². The molecule has 0 fully saturated rings. The first-order valence-electron chi connectivity index (χ1n) is 9.10. The van der Waals surface area contributed by atoms with E-state index in [2.05, 4.69) is 15.0 Å². The van der Waals surface area contributed by atoms with Crippen LogP contribution in [0.4, 0.5) is 16.5 Å². The molecule has 2 aromatic heterocycles. The molecular weight excluding hydrogens is 508 g/mol.